The molecule has 2 rings (SSSR count). The average molecular weight is 330 g/mol. The summed E-state index contributed by atoms with van der Waals surface area (Å²) in [6, 6.07) is 6.58. The molecular weight excluding hydrogens is 317 g/mol. The second-order valence-electron chi connectivity index (χ2n) is 3.69. The van der Waals surface area contributed by atoms with Crippen molar-refractivity contribution in [3.8, 4) is 5.75 Å². The third kappa shape index (κ3) is 3.46. The fraction of sp³-hybridized carbons (Fsp3) is 0.231. The van der Waals surface area contributed by atoms with Gasteiger partial charge in [-0.05, 0) is 52.0 Å². The summed E-state index contributed by atoms with van der Waals surface area (Å²) in [7, 11) is 0. The first kappa shape index (κ1) is 13.4. The van der Waals surface area contributed by atoms with Crippen LogP contribution in [-0.2, 0) is 6.54 Å². The minimum absolute atomic E-state index is 0.290. The average Bonchev–Trinajstić information content (AvgIpc) is 2.75. The van der Waals surface area contributed by atoms with Crippen molar-refractivity contribution in [1.82, 2.24) is 0 Å². The highest BCUT2D eigenvalue weighted by Gasteiger charge is 2.05. The van der Waals surface area contributed by atoms with Crippen LogP contribution in [-0.4, -0.2) is 6.61 Å². The highest BCUT2D eigenvalue weighted by atomic mass is 79.9. The zero-order chi connectivity index (χ0) is 13.0. The number of thiophene rings is 1. The van der Waals surface area contributed by atoms with Gasteiger partial charge in [0.05, 0.1) is 16.1 Å². The first-order valence-electron chi connectivity index (χ1n) is 5.58. The molecule has 1 N–H and O–H groups in total. The molecule has 18 heavy (non-hydrogen) atoms. The Hall–Kier alpha value is -1.07. The molecule has 0 spiro atoms. The lowest BCUT2D eigenvalue weighted by Gasteiger charge is -2.11. The van der Waals surface area contributed by atoms with Crippen molar-refractivity contribution in [3.63, 3.8) is 0 Å². The highest BCUT2D eigenvalue weighted by Crippen LogP contribution is 2.27. The van der Waals surface area contributed by atoms with Crippen LogP contribution in [0.15, 0.2) is 33.4 Å². The van der Waals surface area contributed by atoms with E-state index < -0.39 is 0 Å². The minimum atomic E-state index is -0.290. The molecule has 0 unspecified atom stereocenters. The predicted octanol–water partition coefficient (Wildman–Crippen LogP) is 4.66. The summed E-state index contributed by atoms with van der Waals surface area (Å²) >= 11 is 5.07. The number of anilines is 1. The van der Waals surface area contributed by atoms with E-state index >= 15 is 0 Å². The van der Waals surface area contributed by atoms with Gasteiger partial charge >= 0.3 is 0 Å². The maximum atomic E-state index is 13.1. The van der Waals surface area contributed by atoms with Gasteiger partial charge in [0, 0.05) is 12.6 Å². The van der Waals surface area contributed by atoms with Gasteiger partial charge in [-0.1, -0.05) is 0 Å². The zero-order valence-corrected chi connectivity index (χ0v) is 12.3. The summed E-state index contributed by atoms with van der Waals surface area (Å²) in [4.78, 5) is 0. The van der Waals surface area contributed by atoms with Crippen LogP contribution < -0.4 is 10.1 Å². The fourth-order valence-electron chi connectivity index (χ4n) is 1.55. The third-order valence-corrected chi connectivity index (χ3v) is 3.90. The van der Waals surface area contributed by atoms with E-state index in [1.807, 2.05) is 6.92 Å². The van der Waals surface area contributed by atoms with Gasteiger partial charge in [-0.25, -0.2) is 4.39 Å². The Kier molecular flexibility index (Phi) is 4.60. The Bertz CT molecular complexity index is 529. The van der Waals surface area contributed by atoms with Gasteiger partial charge in [-0.15, -0.1) is 11.3 Å². The van der Waals surface area contributed by atoms with E-state index in [9.17, 15) is 4.39 Å². The van der Waals surface area contributed by atoms with E-state index in [0.717, 1.165) is 9.47 Å². The second-order valence-corrected chi connectivity index (χ2v) is 5.98. The van der Waals surface area contributed by atoms with E-state index in [1.54, 1.807) is 17.4 Å². The lowest BCUT2D eigenvalue weighted by atomic mass is 10.2. The van der Waals surface area contributed by atoms with E-state index in [-0.39, 0.29) is 5.82 Å². The molecule has 5 heteroatoms. The van der Waals surface area contributed by atoms with Crippen molar-refractivity contribution in [3.05, 3.63) is 44.8 Å². The molecule has 0 bridgehead atoms. The smallest absolute Gasteiger partial charge is 0.145 e. The van der Waals surface area contributed by atoms with Crippen LogP contribution in [0.3, 0.4) is 0 Å². The lowest BCUT2D eigenvalue weighted by molar-refractivity contribution is 0.340. The molecule has 0 aliphatic rings. The molecule has 0 fully saturated rings. The molecule has 96 valence electrons. The summed E-state index contributed by atoms with van der Waals surface area (Å²) in [6.07, 6.45) is 0. The minimum Gasteiger partial charge on any atom is -0.492 e. The lowest BCUT2D eigenvalue weighted by Crippen LogP contribution is -2.02. The number of benzene rings is 1. The Morgan fingerprint density at radius 3 is 2.89 bits per heavy atom. The largest absolute Gasteiger partial charge is 0.492 e. The summed E-state index contributed by atoms with van der Waals surface area (Å²) in [5.41, 5.74) is 1.99. The van der Waals surface area contributed by atoms with Gasteiger partial charge in [-0.3, -0.25) is 0 Å². The molecule has 1 aromatic heterocycles. The first-order valence-corrected chi connectivity index (χ1v) is 7.25. The molecule has 0 aliphatic carbocycles. The monoisotopic (exact) mass is 329 g/mol. The van der Waals surface area contributed by atoms with Crippen molar-refractivity contribution < 1.29 is 9.13 Å². The van der Waals surface area contributed by atoms with E-state index in [2.05, 4.69) is 32.7 Å². The molecular formula is C13H13BrFNOS. The van der Waals surface area contributed by atoms with Gasteiger partial charge < -0.3 is 10.1 Å². The quantitative estimate of drug-likeness (QED) is 0.861. The normalized spacial score (nSPS) is 10.4. The van der Waals surface area contributed by atoms with Crippen molar-refractivity contribution in [2.75, 3.05) is 11.9 Å². The van der Waals surface area contributed by atoms with Crippen LogP contribution in [0.4, 0.5) is 10.1 Å². The maximum Gasteiger partial charge on any atom is 0.145 e. The Balaban J connectivity index is 2.08. The fourth-order valence-corrected chi connectivity index (χ4v) is 2.76. The maximum absolute atomic E-state index is 13.1. The molecule has 1 heterocycles. The summed E-state index contributed by atoms with van der Waals surface area (Å²) < 4.78 is 19.6. The number of nitrogens with one attached hydrogen (secondary N) is 1. The molecule has 2 aromatic rings. The Morgan fingerprint density at radius 1 is 1.39 bits per heavy atom. The van der Waals surface area contributed by atoms with E-state index in [1.165, 1.54) is 17.7 Å². The number of halogens is 2. The molecule has 0 aliphatic heterocycles. The topological polar surface area (TPSA) is 21.3 Å². The summed E-state index contributed by atoms with van der Waals surface area (Å²) in [5.74, 6) is 0.258. The number of ether oxygens (including phenoxy) is 1. The van der Waals surface area contributed by atoms with Crippen molar-refractivity contribution >= 4 is 33.0 Å². The van der Waals surface area contributed by atoms with Gasteiger partial charge in [0.1, 0.15) is 11.6 Å². The molecule has 0 saturated heterocycles. The van der Waals surface area contributed by atoms with Crippen LogP contribution in [0, 0.1) is 5.82 Å². The highest BCUT2D eigenvalue weighted by molar-refractivity contribution is 9.11. The number of hydrogen-bond donors (Lipinski definition) is 1. The number of hydrogen-bond acceptors (Lipinski definition) is 3. The van der Waals surface area contributed by atoms with Crippen LogP contribution >= 0.6 is 27.3 Å². The molecule has 0 saturated carbocycles. The second kappa shape index (κ2) is 6.20. The van der Waals surface area contributed by atoms with Crippen LogP contribution in [0.5, 0.6) is 5.75 Å². The van der Waals surface area contributed by atoms with E-state index in [4.69, 9.17) is 4.74 Å². The molecule has 1 aromatic carbocycles. The van der Waals surface area contributed by atoms with Gasteiger partial charge in [-0.2, -0.15) is 0 Å². The number of rotatable bonds is 5. The SMILES string of the molecule is CCOc1cc(F)ccc1NCc1csc(Br)c1. The molecule has 2 nitrogen and oxygen atoms in total. The standard InChI is InChI=1S/C13H13BrFNOS/c1-2-17-12-6-10(15)3-4-11(12)16-7-9-5-13(14)18-8-9/h3-6,8,16H,2,7H2,1H3. The van der Waals surface area contributed by atoms with Crippen molar-refractivity contribution in [2.45, 2.75) is 13.5 Å². The molecule has 0 radical (unpaired) electrons. The van der Waals surface area contributed by atoms with Gasteiger partial charge in [0.2, 0.25) is 0 Å². The Labute approximate surface area is 118 Å². The third-order valence-electron chi connectivity index (χ3n) is 2.35. The van der Waals surface area contributed by atoms with E-state index in [0.29, 0.717) is 18.9 Å². The molecule has 0 atom stereocenters. The summed E-state index contributed by atoms with van der Waals surface area (Å²) in [5, 5.41) is 5.32. The van der Waals surface area contributed by atoms with Gasteiger partial charge in [0.25, 0.3) is 0 Å². The zero-order valence-electron chi connectivity index (χ0n) is 9.87. The first-order chi connectivity index (χ1) is 8.69. The Morgan fingerprint density at radius 2 is 2.22 bits per heavy atom. The molecule has 0 amide bonds. The van der Waals surface area contributed by atoms with Crippen molar-refractivity contribution in [2.24, 2.45) is 0 Å². The van der Waals surface area contributed by atoms with Crippen LogP contribution in [0.1, 0.15) is 12.5 Å². The summed E-state index contributed by atoms with van der Waals surface area (Å²) in [6.45, 7) is 3.08. The van der Waals surface area contributed by atoms with Gasteiger partial charge in [0.15, 0.2) is 0 Å². The predicted molar refractivity (Wildman–Crippen MR) is 76.9 cm³/mol. The van der Waals surface area contributed by atoms with Crippen LogP contribution in [0.2, 0.25) is 0 Å². The van der Waals surface area contributed by atoms with Crippen molar-refractivity contribution in [1.29, 1.82) is 0 Å². The van der Waals surface area contributed by atoms with Crippen LogP contribution in [0.25, 0.3) is 0 Å².